The third kappa shape index (κ3) is 0.693. The Kier molecular flexibility index (Phi) is 1.07. The van der Waals surface area contributed by atoms with E-state index in [9.17, 15) is 0 Å². The lowest BCUT2D eigenvalue weighted by atomic mass is 10.8. The van der Waals surface area contributed by atoms with Gasteiger partial charge in [-0.25, -0.2) is 0 Å². The SMILES string of the molecule is Cc1ns[s+]n1. The highest BCUT2D eigenvalue weighted by atomic mass is 32.9. The fraction of sp³-hybridized carbons (Fsp3) is 0.500. The van der Waals surface area contributed by atoms with Gasteiger partial charge in [-0.3, -0.25) is 0 Å². The third-order valence-corrected chi connectivity index (χ3v) is 1.76. The first-order valence-electron chi connectivity index (χ1n) is 1.48. The molecule has 0 saturated heterocycles. The minimum absolute atomic E-state index is 0.880. The quantitative estimate of drug-likeness (QED) is 0.378. The first-order valence-corrected chi connectivity index (χ1v) is 3.54. The molecule has 0 aliphatic heterocycles. The van der Waals surface area contributed by atoms with Crippen LogP contribution in [0.3, 0.4) is 0 Å². The summed E-state index contributed by atoms with van der Waals surface area (Å²) < 4.78 is 7.73. The maximum absolute atomic E-state index is 3.87. The number of rotatable bonds is 0. The molecule has 6 heavy (non-hydrogen) atoms. The Morgan fingerprint density at radius 3 is 2.83 bits per heavy atom. The Labute approximate surface area is 43.2 Å². The molecule has 0 bridgehead atoms. The van der Waals surface area contributed by atoms with Crippen LogP contribution in [-0.2, 0) is 0 Å². The molecule has 32 valence electrons. The lowest BCUT2D eigenvalue weighted by molar-refractivity contribution is 1.21. The molecule has 0 amide bonds. The van der Waals surface area contributed by atoms with Crippen molar-refractivity contribution < 1.29 is 0 Å². The van der Waals surface area contributed by atoms with Gasteiger partial charge in [-0.05, 0) is 0 Å². The Morgan fingerprint density at radius 1 is 1.83 bits per heavy atom. The van der Waals surface area contributed by atoms with Gasteiger partial charge in [-0.1, -0.05) is 0 Å². The minimum Gasteiger partial charge on any atom is -0.118 e. The molecule has 0 aromatic carbocycles. The molecule has 0 spiro atoms. The molecule has 0 atom stereocenters. The summed E-state index contributed by atoms with van der Waals surface area (Å²) >= 11 is 0. The van der Waals surface area contributed by atoms with Gasteiger partial charge in [0, 0.05) is 6.92 Å². The minimum atomic E-state index is 0.880. The number of nitrogens with zero attached hydrogens (tertiary/aromatic N) is 2. The highest BCUT2D eigenvalue weighted by Crippen LogP contribution is 1.97. The molecule has 0 aliphatic rings. The van der Waals surface area contributed by atoms with Gasteiger partial charge in [0.25, 0.3) is 0 Å². The van der Waals surface area contributed by atoms with E-state index in [1.54, 1.807) is 0 Å². The van der Waals surface area contributed by atoms with Crippen LogP contribution in [-0.4, -0.2) is 8.75 Å². The fourth-order valence-electron chi connectivity index (χ4n) is 0.158. The summed E-state index contributed by atoms with van der Waals surface area (Å²) in [5, 5.41) is 0. The molecule has 0 radical (unpaired) electrons. The van der Waals surface area contributed by atoms with E-state index in [-0.39, 0.29) is 0 Å². The van der Waals surface area contributed by atoms with E-state index in [0.717, 1.165) is 5.82 Å². The van der Waals surface area contributed by atoms with Crippen molar-refractivity contribution in [3.05, 3.63) is 5.82 Å². The molecule has 0 fully saturated rings. The average molecular weight is 119 g/mol. The molecule has 2 nitrogen and oxygen atoms in total. The van der Waals surface area contributed by atoms with Crippen molar-refractivity contribution >= 4 is 21.1 Å². The molecule has 0 N–H and O–H groups in total. The molecular formula is C2H3N2S2+. The second-order valence-corrected chi connectivity index (χ2v) is 2.44. The van der Waals surface area contributed by atoms with Gasteiger partial charge in [-0.15, -0.1) is 4.37 Å². The first kappa shape index (κ1) is 4.08. The van der Waals surface area contributed by atoms with Crippen LogP contribution in [0.1, 0.15) is 5.82 Å². The van der Waals surface area contributed by atoms with Crippen molar-refractivity contribution in [1.29, 1.82) is 0 Å². The first-order chi connectivity index (χ1) is 2.89. The van der Waals surface area contributed by atoms with Crippen LogP contribution in [0.25, 0.3) is 0 Å². The van der Waals surface area contributed by atoms with E-state index in [1.165, 1.54) is 21.1 Å². The Hall–Kier alpha value is -0.0900. The van der Waals surface area contributed by atoms with Crippen LogP contribution in [0.2, 0.25) is 0 Å². The van der Waals surface area contributed by atoms with Crippen LogP contribution in [0.15, 0.2) is 0 Å². The maximum atomic E-state index is 3.87. The van der Waals surface area contributed by atoms with Gasteiger partial charge in [-0.2, -0.15) is 0 Å². The molecular weight excluding hydrogens is 116 g/mol. The summed E-state index contributed by atoms with van der Waals surface area (Å²) in [6.45, 7) is 1.88. The number of hydrogen-bond acceptors (Lipinski definition) is 3. The van der Waals surface area contributed by atoms with Gasteiger partial charge in [0.1, 0.15) is 0 Å². The summed E-state index contributed by atoms with van der Waals surface area (Å²) in [6.07, 6.45) is 0. The predicted octanol–water partition coefficient (Wildman–Crippen LogP) is 1.19. The van der Waals surface area contributed by atoms with Crippen LogP contribution in [0.5, 0.6) is 0 Å². The lowest BCUT2D eigenvalue weighted by Crippen LogP contribution is -1.65. The summed E-state index contributed by atoms with van der Waals surface area (Å²) in [7, 11) is 2.84. The smallest absolute Gasteiger partial charge is 0.118 e. The van der Waals surface area contributed by atoms with Crippen molar-refractivity contribution in [3.63, 3.8) is 0 Å². The molecule has 4 heteroatoms. The van der Waals surface area contributed by atoms with E-state index in [4.69, 9.17) is 0 Å². The average Bonchev–Trinajstić information content (AvgIpc) is 1.86. The monoisotopic (exact) mass is 119 g/mol. The van der Waals surface area contributed by atoms with Gasteiger partial charge >= 0.3 is 21.1 Å². The zero-order valence-corrected chi connectivity index (χ0v) is 4.84. The molecule has 1 heterocycles. The number of aromatic nitrogens is 2. The van der Waals surface area contributed by atoms with E-state index < -0.39 is 0 Å². The second kappa shape index (κ2) is 1.57. The summed E-state index contributed by atoms with van der Waals surface area (Å²) in [5.74, 6) is 0.880. The van der Waals surface area contributed by atoms with E-state index in [0.29, 0.717) is 0 Å². The summed E-state index contributed by atoms with van der Waals surface area (Å²) in [5.41, 5.74) is 0. The zero-order valence-electron chi connectivity index (χ0n) is 3.21. The van der Waals surface area contributed by atoms with Crippen molar-refractivity contribution in [2.45, 2.75) is 6.92 Å². The lowest BCUT2D eigenvalue weighted by Gasteiger charge is -1.53. The van der Waals surface area contributed by atoms with Gasteiger partial charge in [0.05, 0.1) is 4.37 Å². The molecule has 0 unspecified atom stereocenters. The van der Waals surface area contributed by atoms with Crippen LogP contribution < -0.4 is 0 Å². The molecule has 1 aromatic heterocycles. The normalized spacial score (nSPS) is 8.83. The van der Waals surface area contributed by atoms with Crippen molar-refractivity contribution in [2.24, 2.45) is 0 Å². The van der Waals surface area contributed by atoms with E-state index in [2.05, 4.69) is 8.75 Å². The highest BCUT2D eigenvalue weighted by molar-refractivity contribution is 7.64. The summed E-state index contributed by atoms with van der Waals surface area (Å²) in [4.78, 5) is 0. The van der Waals surface area contributed by atoms with Crippen LogP contribution in [0.4, 0.5) is 0 Å². The number of aryl methyl sites for hydroxylation is 1. The van der Waals surface area contributed by atoms with Gasteiger partial charge in [0.2, 0.25) is 5.82 Å². The third-order valence-electron chi connectivity index (χ3n) is 0.372. The second-order valence-electron chi connectivity index (χ2n) is 0.879. The highest BCUT2D eigenvalue weighted by Gasteiger charge is 1.95. The van der Waals surface area contributed by atoms with Gasteiger partial charge in [0.15, 0.2) is 0 Å². The summed E-state index contributed by atoms with van der Waals surface area (Å²) in [6, 6.07) is 0. The maximum Gasteiger partial charge on any atom is 0.462 e. The fourth-order valence-corrected chi connectivity index (χ4v) is 1.42. The molecule has 1 aromatic rings. The predicted molar refractivity (Wildman–Crippen MR) is 26.9 cm³/mol. The van der Waals surface area contributed by atoms with Crippen LogP contribution in [0, 0.1) is 6.92 Å². The van der Waals surface area contributed by atoms with Crippen LogP contribution >= 0.6 is 21.1 Å². The van der Waals surface area contributed by atoms with E-state index >= 15 is 0 Å². The Morgan fingerprint density at radius 2 is 2.67 bits per heavy atom. The van der Waals surface area contributed by atoms with Gasteiger partial charge < -0.3 is 0 Å². The van der Waals surface area contributed by atoms with E-state index in [1.807, 2.05) is 6.92 Å². The topological polar surface area (TPSA) is 25.8 Å². The van der Waals surface area contributed by atoms with Crippen molar-refractivity contribution in [2.75, 3.05) is 0 Å². The Bertz CT molecular complexity index is 113. The number of hydrogen-bond donors (Lipinski definition) is 0. The van der Waals surface area contributed by atoms with Crippen molar-refractivity contribution in [1.82, 2.24) is 8.75 Å². The molecule has 0 aliphatic carbocycles. The zero-order chi connectivity index (χ0) is 4.41. The standard InChI is InChI=1S/C2H3N2S2/c1-2-3-5-6-4-2/h1H3/q+1. The van der Waals surface area contributed by atoms with Crippen molar-refractivity contribution in [3.8, 4) is 0 Å². The largest absolute Gasteiger partial charge is 0.462 e. The molecule has 0 saturated carbocycles. The molecule has 1 rings (SSSR count). The Balaban J connectivity index is 3.05.